The number of ether oxygens (including phenoxy) is 3. The second-order valence-corrected chi connectivity index (χ2v) is 8.98. The van der Waals surface area contributed by atoms with Gasteiger partial charge in [-0.05, 0) is 76.0 Å². The van der Waals surface area contributed by atoms with Crippen LogP contribution in [-0.4, -0.2) is 37.5 Å². The molecule has 0 aromatic heterocycles. The Bertz CT molecular complexity index is 341. The van der Waals surface area contributed by atoms with Crippen LogP contribution in [0.5, 0.6) is 0 Å². The van der Waals surface area contributed by atoms with Crippen molar-refractivity contribution in [3.63, 3.8) is 0 Å². The molecule has 0 radical (unpaired) electrons. The largest absolute Gasteiger partial charge is 0.355 e. The van der Waals surface area contributed by atoms with Gasteiger partial charge < -0.3 is 14.2 Å². The fourth-order valence-corrected chi connectivity index (χ4v) is 3.70. The molecule has 0 aliphatic carbocycles. The molecule has 2 unspecified atom stereocenters. The minimum absolute atomic E-state index is 0.316. The highest BCUT2D eigenvalue weighted by Crippen LogP contribution is 2.13. The summed E-state index contributed by atoms with van der Waals surface area (Å²) in [5.41, 5.74) is 0. The summed E-state index contributed by atoms with van der Waals surface area (Å²) < 4.78 is 16.6. The van der Waals surface area contributed by atoms with Gasteiger partial charge in [-0.2, -0.15) is 0 Å². The Balaban J connectivity index is 3.56. The number of halogens is 2. The monoisotopic (exact) mass is 538 g/mol. The van der Waals surface area contributed by atoms with Gasteiger partial charge in [-0.3, -0.25) is 0 Å². The smallest absolute Gasteiger partial charge is 0.149 e. The molecule has 0 aliphatic heterocycles. The number of rotatable bonds is 22. The predicted octanol–water partition coefficient (Wildman–Crippen LogP) is 8.03. The van der Waals surface area contributed by atoms with E-state index in [-0.39, 0.29) is 0 Å². The van der Waals surface area contributed by atoms with Crippen LogP contribution >= 0.6 is 31.9 Å². The maximum absolute atomic E-state index is 5.59. The molecule has 0 fully saturated rings. The second kappa shape index (κ2) is 24.6. The quantitative estimate of drug-likeness (QED) is 0.0603. The van der Waals surface area contributed by atoms with Gasteiger partial charge in [0.15, 0.2) is 0 Å². The van der Waals surface area contributed by atoms with Crippen molar-refractivity contribution in [2.24, 2.45) is 11.8 Å². The van der Waals surface area contributed by atoms with Crippen LogP contribution in [0.15, 0.2) is 24.3 Å². The lowest BCUT2D eigenvalue weighted by Gasteiger charge is -2.12. The molecule has 0 spiro atoms. The molecule has 29 heavy (non-hydrogen) atoms. The Labute approximate surface area is 197 Å². The summed E-state index contributed by atoms with van der Waals surface area (Å²) in [6.07, 6.45) is 21.1. The fraction of sp³-hybridized carbons (Fsp3) is 0.833. The molecule has 2 atom stereocenters. The standard InChI is InChI=1S/C24H44Br2O3/c1-3-23(13-9-5-7-11-17-25)15-19-27-21-29-22-28-20-16-24(4-2)14-10-6-8-12-18-26/h9-10,13-14,23-24H,3-8,11-12,15-22H2,1-2H3. The lowest BCUT2D eigenvalue weighted by molar-refractivity contribution is -0.132. The van der Waals surface area contributed by atoms with Crippen LogP contribution in [0, 0.1) is 11.8 Å². The summed E-state index contributed by atoms with van der Waals surface area (Å²) in [5, 5.41) is 2.20. The number of hydrogen-bond donors (Lipinski definition) is 0. The zero-order chi connectivity index (χ0) is 21.4. The second-order valence-electron chi connectivity index (χ2n) is 7.40. The Morgan fingerprint density at radius 2 is 1.10 bits per heavy atom. The molecule has 0 aliphatic rings. The molecular weight excluding hydrogens is 496 g/mol. The summed E-state index contributed by atoms with van der Waals surface area (Å²) in [6.45, 7) is 6.58. The van der Waals surface area contributed by atoms with Gasteiger partial charge in [-0.1, -0.05) is 70.0 Å². The van der Waals surface area contributed by atoms with Crippen molar-refractivity contribution in [1.82, 2.24) is 0 Å². The van der Waals surface area contributed by atoms with E-state index in [0.717, 1.165) is 49.6 Å². The van der Waals surface area contributed by atoms with Crippen LogP contribution in [0.1, 0.15) is 78.1 Å². The maximum atomic E-state index is 5.59. The summed E-state index contributed by atoms with van der Waals surface area (Å²) in [6, 6.07) is 0. The molecular formula is C24H44Br2O3. The highest BCUT2D eigenvalue weighted by molar-refractivity contribution is 9.09. The Kier molecular flexibility index (Phi) is 24.9. The summed E-state index contributed by atoms with van der Waals surface area (Å²) >= 11 is 6.95. The van der Waals surface area contributed by atoms with E-state index in [2.05, 4.69) is 70.0 Å². The Morgan fingerprint density at radius 3 is 1.48 bits per heavy atom. The van der Waals surface area contributed by atoms with E-state index in [0.29, 0.717) is 25.4 Å². The molecule has 3 nitrogen and oxygen atoms in total. The van der Waals surface area contributed by atoms with Crippen LogP contribution < -0.4 is 0 Å². The summed E-state index contributed by atoms with van der Waals surface area (Å²) in [4.78, 5) is 0. The van der Waals surface area contributed by atoms with Crippen LogP contribution in [0.25, 0.3) is 0 Å². The number of allylic oxidation sites excluding steroid dienone is 4. The lowest BCUT2D eigenvalue weighted by Crippen LogP contribution is -2.09. The van der Waals surface area contributed by atoms with Gasteiger partial charge in [0.05, 0.1) is 0 Å². The molecule has 0 saturated carbocycles. The van der Waals surface area contributed by atoms with Gasteiger partial charge in [0.1, 0.15) is 13.6 Å². The van der Waals surface area contributed by atoms with Crippen molar-refractivity contribution in [3.05, 3.63) is 24.3 Å². The van der Waals surface area contributed by atoms with Crippen molar-refractivity contribution < 1.29 is 14.2 Å². The van der Waals surface area contributed by atoms with Crippen LogP contribution in [0.4, 0.5) is 0 Å². The van der Waals surface area contributed by atoms with Gasteiger partial charge in [-0.15, -0.1) is 0 Å². The average Bonchev–Trinajstić information content (AvgIpc) is 2.74. The van der Waals surface area contributed by atoms with Crippen molar-refractivity contribution >= 4 is 31.9 Å². The van der Waals surface area contributed by atoms with Crippen LogP contribution in [0.2, 0.25) is 0 Å². The molecule has 0 heterocycles. The molecule has 0 saturated heterocycles. The van der Waals surface area contributed by atoms with Gasteiger partial charge in [0.25, 0.3) is 0 Å². The third-order valence-electron chi connectivity index (χ3n) is 4.97. The van der Waals surface area contributed by atoms with E-state index in [1.54, 1.807) is 0 Å². The van der Waals surface area contributed by atoms with E-state index in [4.69, 9.17) is 14.2 Å². The zero-order valence-corrected chi connectivity index (χ0v) is 21.9. The van der Waals surface area contributed by atoms with E-state index in [9.17, 15) is 0 Å². The Morgan fingerprint density at radius 1 is 0.655 bits per heavy atom. The Hall–Kier alpha value is 0.320. The lowest BCUT2D eigenvalue weighted by atomic mass is 10.0. The minimum atomic E-state index is 0.316. The molecule has 0 amide bonds. The number of unbranched alkanes of at least 4 members (excludes halogenated alkanes) is 4. The normalized spacial score (nSPS) is 14.2. The summed E-state index contributed by atoms with van der Waals surface area (Å²) in [7, 11) is 0. The first kappa shape index (κ1) is 29.3. The van der Waals surface area contributed by atoms with Crippen LogP contribution in [0.3, 0.4) is 0 Å². The van der Waals surface area contributed by atoms with Crippen molar-refractivity contribution in [1.29, 1.82) is 0 Å². The first-order valence-corrected chi connectivity index (χ1v) is 13.7. The first-order chi connectivity index (χ1) is 14.3. The number of hydrogen-bond acceptors (Lipinski definition) is 3. The molecule has 0 bridgehead atoms. The average molecular weight is 540 g/mol. The van der Waals surface area contributed by atoms with E-state index < -0.39 is 0 Å². The molecule has 0 aromatic rings. The van der Waals surface area contributed by atoms with Crippen LogP contribution in [-0.2, 0) is 14.2 Å². The SMILES string of the molecule is CCC(C=CCCCCBr)CCOCOCOCCC(C=CCCCCBr)CC. The predicted molar refractivity (Wildman–Crippen MR) is 133 cm³/mol. The van der Waals surface area contributed by atoms with Gasteiger partial charge >= 0.3 is 0 Å². The summed E-state index contributed by atoms with van der Waals surface area (Å²) in [5.74, 6) is 1.21. The van der Waals surface area contributed by atoms with E-state index in [1.165, 1.54) is 38.5 Å². The first-order valence-electron chi connectivity index (χ1n) is 11.5. The highest BCUT2D eigenvalue weighted by atomic mass is 79.9. The molecule has 0 aromatic carbocycles. The van der Waals surface area contributed by atoms with Gasteiger partial charge in [-0.25, -0.2) is 0 Å². The van der Waals surface area contributed by atoms with Crippen molar-refractivity contribution in [3.8, 4) is 0 Å². The zero-order valence-electron chi connectivity index (χ0n) is 18.8. The molecule has 0 N–H and O–H groups in total. The highest BCUT2D eigenvalue weighted by Gasteiger charge is 2.03. The third kappa shape index (κ3) is 21.3. The minimum Gasteiger partial charge on any atom is -0.355 e. The van der Waals surface area contributed by atoms with Gasteiger partial charge in [0.2, 0.25) is 0 Å². The fourth-order valence-electron chi connectivity index (χ4n) is 2.90. The number of alkyl halides is 2. The molecule has 0 rings (SSSR count). The maximum Gasteiger partial charge on any atom is 0.149 e. The molecule has 5 heteroatoms. The molecule has 172 valence electrons. The topological polar surface area (TPSA) is 27.7 Å². The third-order valence-corrected chi connectivity index (χ3v) is 6.09. The van der Waals surface area contributed by atoms with E-state index >= 15 is 0 Å². The van der Waals surface area contributed by atoms with E-state index in [1.807, 2.05) is 0 Å². The van der Waals surface area contributed by atoms with Gasteiger partial charge in [0, 0.05) is 23.9 Å². The van der Waals surface area contributed by atoms with Crippen molar-refractivity contribution in [2.45, 2.75) is 78.1 Å². The van der Waals surface area contributed by atoms with Crippen molar-refractivity contribution in [2.75, 3.05) is 37.5 Å².